The van der Waals surface area contributed by atoms with Crippen LogP contribution in [-0.2, 0) is 6.54 Å². The largest absolute Gasteiger partial charge is 0.360 e. The molecule has 5 atom stereocenters. The summed E-state index contributed by atoms with van der Waals surface area (Å²) in [5, 5.41) is 4.65. The molecule has 1 aromatic rings. The van der Waals surface area contributed by atoms with Crippen molar-refractivity contribution in [2.75, 3.05) is 13.1 Å². The van der Waals surface area contributed by atoms with Crippen molar-refractivity contribution < 1.29 is 0 Å². The third-order valence-electron chi connectivity index (χ3n) is 6.81. The number of hydrogen-bond acceptors (Lipinski definition) is 2. The summed E-state index contributed by atoms with van der Waals surface area (Å²) in [5.41, 5.74) is 1.35. The first-order valence-electron chi connectivity index (χ1n) is 9.42. The van der Waals surface area contributed by atoms with Crippen LogP contribution in [0, 0.1) is 17.8 Å². The lowest BCUT2D eigenvalue weighted by molar-refractivity contribution is 0.175. The topological polar surface area (TPSA) is 37.3 Å². The molecule has 2 saturated carbocycles. The van der Waals surface area contributed by atoms with E-state index in [0.29, 0.717) is 17.9 Å². The van der Waals surface area contributed by atoms with Gasteiger partial charge in [-0.15, -0.1) is 0 Å². The summed E-state index contributed by atoms with van der Waals surface area (Å²) in [6.45, 7) is 2.79. The van der Waals surface area contributed by atoms with Crippen molar-refractivity contribution in [2.45, 2.75) is 50.6 Å². The number of fused-ring (bicyclic) bond motifs is 6. The van der Waals surface area contributed by atoms with E-state index in [2.05, 4.69) is 16.3 Å². The van der Waals surface area contributed by atoms with Crippen LogP contribution in [0.15, 0.2) is 23.0 Å². The molecule has 128 valence electrons. The van der Waals surface area contributed by atoms with E-state index in [1.165, 1.54) is 37.8 Å². The molecule has 5 rings (SSSR count). The highest BCUT2D eigenvalue weighted by Gasteiger charge is 2.41. The van der Waals surface area contributed by atoms with Gasteiger partial charge in [-0.1, -0.05) is 12.5 Å². The van der Waals surface area contributed by atoms with Gasteiger partial charge in [-0.2, -0.15) is 0 Å². The molecule has 0 radical (unpaired) electrons. The summed E-state index contributed by atoms with van der Waals surface area (Å²) in [6, 6.07) is 6.31. The Morgan fingerprint density at radius 1 is 1.08 bits per heavy atom. The van der Waals surface area contributed by atoms with E-state index in [-0.39, 0.29) is 5.56 Å². The first kappa shape index (κ1) is 14.9. The van der Waals surface area contributed by atoms with Crippen molar-refractivity contribution >= 4 is 17.3 Å². The molecule has 1 saturated heterocycles. The molecule has 2 aliphatic carbocycles. The average Bonchev–Trinajstić information content (AvgIpc) is 3.18. The highest BCUT2D eigenvalue weighted by atomic mass is 32.1. The number of hydrogen-bond donors (Lipinski definition) is 1. The molecular weight excluding hydrogens is 318 g/mol. The number of nitrogens with zero attached hydrogens (tertiary/aromatic N) is 2. The predicted octanol–water partition coefficient (Wildman–Crippen LogP) is 2.33. The van der Waals surface area contributed by atoms with Crippen molar-refractivity contribution in [2.24, 2.45) is 17.8 Å². The maximum atomic E-state index is 12.1. The Labute approximate surface area is 148 Å². The second kappa shape index (κ2) is 5.58. The van der Waals surface area contributed by atoms with Gasteiger partial charge < -0.3 is 14.8 Å². The standard InChI is InChI=1S/C19H25N3OS/c23-18-3-1-2-17-15-7-13(10-22(17)18)9-21(11-15)19(24)20-16-8-12-4-5-14(16)6-12/h1-3,12-16H,4-11H2,(H,20,24)/t12-,13-,14+,15+,16+/m0/s1. The van der Waals surface area contributed by atoms with Gasteiger partial charge in [0.05, 0.1) is 0 Å². The fraction of sp³-hybridized carbons (Fsp3) is 0.684. The third kappa shape index (κ3) is 2.40. The van der Waals surface area contributed by atoms with Crippen LogP contribution in [0.5, 0.6) is 0 Å². The van der Waals surface area contributed by atoms with Crippen LogP contribution >= 0.6 is 12.2 Å². The number of rotatable bonds is 1. The summed E-state index contributed by atoms with van der Waals surface area (Å²) in [5.74, 6) is 2.76. The molecule has 4 aliphatic rings. The van der Waals surface area contributed by atoms with E-state index in [4.69, 9.17) is 12.2 Å². The molecule has 3 fully saturated rings. The van der Waals surface area contributed by atoms with E-state index in [9.17, 15) is 4.79 Å². The van der Waals surface area contributed by atoms with Crippen LogP contribution < -0.4 is 10.9 Å². The molecule has 3 heterocycles. The van der Waals surface area contributed by atoms with Gasteiger partial charge in [0.1, 0.15) is 0 Å². The summed E-state index contributed by atoms with van der Waals surface area (Å²) < 4.78 is 1.99. The van der Waals surface area contributed by atoms with Crippen LogP contribution in [0.1, 0.15) is 43.7 Å². The van der Waals surface area contributed by atoms with Crippen molar-refractivity contribution in [1.29, 1.82) is 0 Å². The molecule has 0 amide bonds. The fourth-order valence-corrected chi connectivity index (χ4v) is 6.03. The molecule has 5 heteroatoms. The Balaban J connectivity index is 1.31. The fourth-order valence-electron chi connectivity index (χ4n) is 5.73. The minimum atomic E-state index is 0.151. The zero-order valence-electron chi connectivity index (χ0n) is 14.0. The monoisotopic (exact) mass is 343 g/mol. The van der Waals surface area contributed by atoms with Gasteiger partial charge in [0, 0.05) is 43.4 Å². The number of likely N-dealkylation sites (tertiary alicyclic amines) is 1. The third-order valence-corrected chi connectivity index (χ3v) is 7.19. The number of thiocarbonyl (C=S) groups is 1. The number of piperidine rings is 1. The lowest BCUT2D eigenvalue weighted by Gasteiger charge is -2.44. The normalized spacial score (nSPS) is 36.5. The van der Waals surface area contributed by atoms with Crippen LogP contribution in [0.4, 0.5) is 0 Å². The lowest BCUT2D eigenvalue weighted by Crippen LogP contribution is -2.54. The molecule has 4 nitrogen and oxygen atoms in total. The predicted molar refractivity (Wildman–Crippen MR) is 98.1 cm³/mol. The van der Waals surface area contributed by atoms with Crippen molar-refractivity contribution in [1.82, 2.24) is 14.8 Å². The lowest BCUT2D eigenvalue weighted by atomic mass is 9.83. The zero-order chi connectivity index (χ0) is 16.3. The maximum Gasteiger partial charge on any atom is 0.250 e. The molecule has 4 bridgehead atoms. The molecule has 0 unspecified atom stereocenters. The van der Waals surface area contributed by atoms with Gasteiger partial charge in [0.25, 0.3) is 5.56 Å². The van der Waals surface area contributed by atoms with Crippen LogP contribution in [0.25, 0.3) is 0 Å². The Morgan fingerprint density at radius 3 is 2.79 bits per heavy atom. The number of aromatic nitrogens is 1. The van der Waals surface area contributed by atoms with E-state index in [1.807, 2.05) is 10.6 Å². The summed E-state index contributed by atoms with van der Waals surface area (Å²) >= 11 is 5.77. The zero-order valence-corrected chi connectivity index (χ0v) is 14.8. The van der Waals surface area contributed by atoms with Crippen molar-refractivity contribution in [3.05, 3.63) is 34.2 Å². The summed E-state index contributed by atoms with van der Waals surface area (Å²) in [4.78, 5) is 14.5. The minimum Gasteiger partial charge on any atom is -0.360 e. The Hall–Kier alpha value is -1.36. The minimum absolute atomic E-state index is 0.151. The van der Waals surface area contributed by atoms with Gasteiger partial charge >= 0.3 is 0 Å². The highest BCUT2D eigenvalue weighted by Crippen LogP contribution is 2.44. The highest BCUT2D eigenvalue weighted by molar-refractivity contribution is 7.80. The Kier molecular flexibility index (Phi) is 3.47. The van der Waals surface area contributed by atoms with Crippen molar-refractivity contribution in [3.63, 3.8) is 0 Å². The van der Waals surface area contributed by atoms with Crippen LogP contribution in [-0.4, -0.2) is 33.7 Å². The van der Waals surface area contributed by atoms with Gasteiger partial charge in [0.2, 0.25) is 0 Å². The quantitative estimate of drug-likeness (QED) is 0.794. The van der Waals surface area contributed by atoms with Gasteiger partial charge in [-0.25, -0.2) is 0 Å². The maximum absolute atomic E-state index is 12.1. The molecule has 1 N–H and O–H groups in total. The molecule has 0 spiro atoms. The second-order valence-corrected chi connectivity index (χ2v) is 8.72. The summed E-state index contributed by atoms with van der Waals surface area (Å²) in [6.07, 6.45) is 6.71. The SMILES string of the molecule is O=c1cccc2n1C[C@H]1C[C@@H]2CN(C(=S)N[C@@H]2C[C@H]3CC[C@@H]2C3)C1. The first-order valence-corrected chi connectivity index (χ1v) is 9.83. The smallest absolute Gasteiger partial charge is 0.250 e. The van der Waals surface area contributed by atoms with Crippen LogP contribution in [0.3, 0.4) is 0 Å². The Morgan fingerprint density at radius 2 is 2.00 bits per heavy atom. The second-order valence-electron chi connectivity index (χ2n) is 8.33. The first-order chi connectivity index (χ1) is 11.7. The van der Waals surface area contributed by atoms with Crippen LogP contribution in [0.2, 0.25) is 0 Å². The molecule has 1 aromatic heterocycles. The molecule has 0 aromatic carbocycles. The van der Waals surface area contributed by atoms with E-state index < -0.39 is 0 Å². The number of nitrogens with one attached hydrogen (secondary N) is 1. The molecule has 2 aliphatic heterocycles. The Bertz CT molecular complexity index is 730. The number of pyridine rings is 1. The molecular formula is C19H25N3OS. The van der Waals surface area contributed by atoms with Gasteiger partial charge in [-0.05, 0) is 61.7 Å². The molecule has 24 heavy (non-hydrogen) atoms. The van der Waals surface area contributed by atoms with E-state index >= 15 is 0 Å². The van der Waals surface area contributed by atoms with E-state index in [0.717, 1.165) is 36.6 Å². The van der Waals surface area contributed by atoms with Gasteiger partial charge in [-0.3, -0.25) is 4.79 Å². The van der Waals surface area contributed by atoms with E-state index in [1.54, 1.807) is 6.07 Å². The van der Waals surface area contributed by atoms with Gasteiger partial charge in [0.15, 0.2) is 5.11 Å². The van der Waals surface area contributed by atoms with Crippen molar-refractivity contribution in [3.8, 4) is 0 Å². The average molecular weight is 343 g/mol. The summed E-state index contributed by atoms with van der Waals surface area (Å²) in [7, 11) is 0.